The average Bonchev–Trinajstić information content (AvgIpc) is 3.10. The lowest BCUT2D eigenvalue weighted by atomic mass is 9.93. The van der Waals surface area contributed by atoms with Gasteiger partial charge in [-0.2, -0.15) is 0 Å². The van der Waals surface area contributed by atoms with Crippen molar-refractivity contribution in [1.82, 2.24) is 20.9 Å². The highest BCUT2D eigenvalue weighted by atomic mass is 16.3. The lowest BCUT2D eigenvalue weighted by Crippen LogP contribution is -2.66. The third-order valence-corrected chi connectivity index (χ3v) is 8.51. The molecule has 1 heterocycles. The number of anilines is 1. The van der Waals surface area contributed by atoms with Crippen molar-refractivity contribution >= 4 is 23.4 Å². The van der Waals surface area contributed by atoms with Crippen molar-refractivity contribution in [2.45, 2.75) is 57.1 Å². The van der Waals surface area contributed by atoms with Crippen LogP contribution in [-0.4, -0.2) is 65.5 Å². The van der Waals surface area contributed by atoms with Gasteiger partial charge in [0, 0.05) is 43.0 Å². The Kier molecular flexibility index (Phi) is 11.0. The van der Waals surface area contributed by atoms with E-state index in [2.05, 4.69) is 21.3 Å². The number of rotatable bonds is 12. The fraction of sp³-hybridized carbons (Fsp3) is 0.289. The molecule has 4 aromatic carbocycles. The molecule has 0 aromatic heterocycles. The number of benzene rings is 4. The molecule has 4 aromatic rings. The Bertz CT molecular complexity index is 1650. The normalized spacial score (nSPS) is 18.1. The molecule has 1 saturated heterocycles. The third kappa shape index (κ3) is 8.64. The van der Waals surface area contributed by atoms with Gasteiger partial charge in [-0.05, 0) is 55.2 Å². The maximum atomic E-state index is 13.9. The van der Waals surface area contributed by atoms with E-state index in [1.807, 2.05) is 105 Å². The van der Waals surface area contributed by atoms with Crippen molar-refractivity contribution in [2.24, 2.45) is 0 Å². The van der Waals surface area contributed by atoms with Crippen LogP contribution in [0.25, 0.3) is 0 Å². The van der Waals surface area contributed by atoms with Gasteiger partial charge >= 0.3 is 0 Å². The first-order chi connectivity index (χ1) is 22.7. The summed E-state index contributed by atoms with van der Waals surface area (Å²) in [7, 11) is 1.72. The molecule has 1 unspecified atom stereocenters. The molecule has 47 heavy (non-hydrogen) atoms. The van der Waals surface area contributed by atoms with Gasteiger partial charge in [0.15, 0.2) is 0 Å². The van der Waals surface area contributed by atoms with Crippen LogP contribution < -0.4 is 21.3 Å². The van der Waals surface area contributed by atoms with E-state index < -0.39 is 24.1 Å². The summed E-state index contributed by atoms with van der Waals surface area (Å²) in [6.07, 6.45) is -0.949. The highest BCUT2D eigenvalue weighted by Gasteiger charge is 2.40. The van der Waals surface area contributed by atoms with Gasteiger partial charge in [-0.1, -0.05) is 91.0 Å². The highest BCUT2D eigenvalue weighted by molar-refractivity contribution is 6.01. The van der Waals surface area contributed by atoms with Gasteiger partial charge in [0.05, 0.1) is 18.2 Å². The minimum atomic E-state index is -1.24. The van der Waals surface area contributed by atoms with Gasteiger partial charge in [-0.3, -0.25) is 19.7 Å². The van der Waals surface area contributed by atoms with E-state index in [9.17, 15) is 19.5 Å². The Balaban J connectivity index is 1.38. The summed E-state index contributed by atoms with van der Waals surface area (Å²) >= 11 is 0. The largest absolute Gasteiger partial charge is 0.389 e. The standard InChI is InChI=1S/C38H43N5O4/c1-25-23-43(24-28-15-9-5-10-16-28)38(47)34(40-25)35(44)33(19-27-13-7-4-8-14-27)42-37(46)31-20-30(21-32(22-31)39-3)36(45)41-26(2)29-17-11-6-12-18-29/h4-18,20-22,25-26,33-35,39-40,44H,19,23-24H2,1-3H3,(H,41,45)(H,42,46)/t25?,26-,33+,34+,35+/m1/s1. The number of piperazine rings is 1. The second-order valence-corrected chi connectivity index (χ2v) is 12.2. The van der Waals surface area contributed by atoms with Crippen LogP contribution in [0.2, 0.25) is 0 Å². The Morgan fingerprint density at radius 1 is 0.851 bits per heavy atom. The maximum absolute atomic E-state index is 13.9. The van der Waals surface area contributed by atoms with E-state index in [4.69, 9.17) is 0 Å². The van der Waals surface area contributed by atoms with E-state index in [-0.39, 0.29) is 29.5 Å². The highest BCUT2D eigenvalue weighted by Crippen LogP contribution is 2.20. The van der Waals surface area contributed by atoms with E-state index in [1.165, 1.54) is 0 Å². The van der Waals surface area contributed by atoms with Gasteiger partial charge in [0.1, 0.15) is 6.04 Å². The predicted octanol–water partition coefficient (Wildman–Crippen LogP) is 4.31. The van der Waals surface area contributed by atoms with Gasteiger partial charge in [0.25, 0.3) is 11.8 Å². The summed E-state index contributed by atoms with van der Waals surface area (Å²) in [4.78, 5) is 42.7. The lowest BCUT2D eigenvalue weighted by Gasteiger charge is -2.41. The number of hydrogen-bond acceptors (Lipinski definition) is 6. The maximum Gasteiger partial charge on any atom is 0.251 e. The SMILES string of the molecule is CNc1cc(C(=O)N[C@@H](Cc2ccccc2)[C@H](O)[C@@H]2NC(C)CN(Cc3ccccc3)C2=O)cc(C(=O)N[C@H](C)c2ccccc2)c1. The van der Waals surface area contributed by atoms with Crippen molar-refractivity contribution in [3.8, 4) is 0 Å². The minimum Gasteiger partial charge on any atom is -0.389 e. The molecule has 3 amide bonds. The van der Waals surface area contributed by atoms with Crippen molar-refractivity contribution in [3.05, 3.63) is 137 Å². The van der Waals surface area contributed by atoms with Crippen LogP contribution >= 0.6 is 0 Å². The lowest BCUT2D eigenvalue weighted by molar-refractivity contribution is -0.141. The average molecular weight is 634 g/mol. The molecule has 1 aliphatic rings. The summed E-state index contributed by atoms with van der Waals surface area (Å²) in [5.74, 6) is -1.02. The molecular weight excluding hydrogens is 590 g/mol. The van der Waals surface area contributed by atoms with Crippen molar-refractivity contribution in [3.63, 3.8) is 0 Å². The number of nitrogens with one attached hydrogen (secondary N) is 4. The third-order valence-electron chi connectivity index (χ3n) is 8.51. The predicted molar refractivity (Wildman–Crippen MR) is 184 cm³/mol. The van der Waals surface area contributed by atoms with Gasteiger partial charge in [-0.25, -0.2) is 0 Å². The molecule has 1 fully saturated rings. The molecule has 0 aliphatic carbocycles. The minimum absolute atomic E-state index is 0.0733. The van der Waals surface area contributed by atoms with E-state index >= 15 is 0 Å². The summed E-state index contributed by atoms with van der Waals surface area (Å²) in [6.45, 7) is 4.80. The zero-order chi connectivity index (χ0) is 33.3. The number of carbonyl (C=O) groups is 3. The summed E-state index contributed by atoms with van der Waals surface area (Å²) in [6, 6.07) is 31.8. The second-order valence-electron chi connectivity index (χ2n) is 12.2. The molecule has 5 N–H and O–H groups in total. The van der Waals surface area contributed by atoms with Crippen molar-refractivity contribution in [2.75, 3.05) is 18.9 Å². The zero-order valence-electron chi connectivity index (χ0n) is 27.0. The number of amides is 3. The molecule has 5 atom stereocenters. The first-order valence-corrected chi connectivity index (χ1v) is 16.0. The van der Waals surface area contributed by atoms with E-state index in [1.54, 1.807) is 30.1 Å². The molecular formula is C38H43N5O4. The summed E-state index contributed by atoms with van der Waals surface area (Å²) in [5.41, 5.74) is 4.02. The molecule has 0 bridgehead atoms. The van der Waals surface area contributed by atoms with Crippen LogP contribution in [0, 0.1) is 0 Å². The van der Waals surface area contributed by atoms with Crippen LogP contribution in [0.5, 0.6) is 0 Å². The number of aliphatic hydroxyl groups is 1. The monoisotopic (exact) mass is 633 g/mol. The molecule has 0 radical (unpaired) electrons. The molecule has 0 spiro atoms. The molecule has 9 nitrogen and oxygen atoms in total. The topological polar surface area (TPSA) is 123 Å². The summed E-state index contributed by atoms with van der Waals surface area (Å²) in [5, 5.41) is 24.1. The number of hydrogen-bond donors (Lipinski definition) is 5. The van der Waals surface area contributed by atoms with E-state index in [0.29, 0.717) is 30.8 Å². The second kappa shape index (κ2) is 15.5. The van der Waals surface area contributed by atoms with Gasteiger partial charge < -0.3 is 26.0 Å². The molecule has 9 heteroatoms. The Labute approximate surface area is 276 Å². The Morgan fingerprint density at radius 2 is 1.40 bits per heavy atom. The first-order valence-electron chi connectivity index (χ1n) is 16.0. The van der Waals surface area contributed by atoms with Crippen LogP contribution in [0.3, 0.4) is 0 Å². The molecule has 1 aliphatic heterocycles. The smallest absolute Gasteiger partial charge is 0.251 e. The van der Waals surface area contributed by atoms with Crippen LogP contribution in [0.4, 0.5) is 5.69 Å². The van der Waals surface area contributed by atoms with Crippen LogP contribution in [-0.2, 0) is 17.8 Å². The Hall–Kier alpha value is -4.99. The molecule has 5 rings (SSSR count). The zero-order valence-corrected chi connectivity index (χ0v) is 27.0. The van der Waals surface area contributed by atoms with Crippen LogP contribution in [0.1, 0.15) is 57.3 Å². The fourth-order valence-corrected chi connectivity index (χ4v) is 5.99. The number of nitrogens with zero attached hydrogens (tertiary/aromatic N) is 1. The number of carbonyl (C=O) groups excluding carboxylic acids is 3. The van der Waals surface area contributed by atoms with Crippen LogP contribution in [0.15, 0.2) is 109 Å². The molecule has 0 saturated carbocycles. The molecule has 244 valence electrons. The van der Waals surface area contributed by atoms with Crippen molar-refractivity contribution in [1.29, 1.82) is 0 Å². The Morgan fingerprint density at radius 3 is 2.00 bits per heavy atom. The number of aliphatic hydroxyl groups excluding tert-OH is 1. The summed E-state index contributed by atoms with van der Waals surface area (Å²) < 4.78 is 0. The van der Waals surface area contributed by atoms with Gasteiger partial charge in [-0.15, -0.1) is 0 Å². The van der Waals surface area contributed by atoms with E-state index in [0.717, 1.165) is 16.7 Å². The van der Waals surface area contributed by atoms with Gasteiger partial charge in [0.2, 0.25) is 5.91 Å². The first kappa shape index (κ1) is 33.4. The van der Waals surface area contributed by atoms with Crippen molar-refractivity contribution < 1.29 is 19.5 Å². The fourth-order valence-electron chi connectivity index (χ4n) is 5.99. The quantitative estimate of drug-likeness (QED) is 0.159.